The highest BCUT2D eigenvalue weighted by atomic mass is 32.2. The van der Waals surface area contributed by atoms with Crippen LogP contribution in [0, 0.1) is 10.1 Å². The third-order valence-corrected chi connectivity index (χ3v) is 3.99. The molecule has 0 aliphatic carbocycles. The molecule has 0 aliphatic heterocycles. The van der Waals surface area contributed by atoms with Crippen molar-refractivity contribution in [2.75, 3.05) is 6.54 Å². The van der Waals surface area contributed by atoms with Crippen molar-refractivity contribution >= 4 is 15.7 Å². The number of sulfonamides is 1. The van der Waals surface area contributed by atoms with Crippen molar-refractivity contribution in [3.63, 3.8) is 0 Å². The molecular formula is C12H18N2O5S. The van der Waals surface area contributed by atoms with Gasteiger partial charge in [0, 0.05) is 18.2 Å². The first-order chi connectivity index (χ1) is 9.32. The Balaban J connectivity index is 2.65. The monoisotopic (exact) mass is 302 g/mol. The second-order valence-corrected chi connectivity index (χ2v) is 6.34. The number of para-hydroxylation sites is 1. The van der Waals surface area contributed by atoms with E-state index in [-0.39, 0.29) is 17.8 Å². The maximum atomic E-state index is 11.8. The quantitative estimate of drug-likeness (QED) is 0.425. The van der Waals surface area contributed by atoms with Crippen LogP contribution in [0.5, 0.6) is 0 Å². The van der Waals surface area contributed by atoms with E-state index in [1.165, 1.54) is 18.2 Å². The van der Waals surface area contributed by atoms with Crippen molar-refractivity contribution in [2.45, 2.75) is 31.6 Å². The summed E-state index contributed by atoms with van der Waals surface area (Å²) < 4.78 is 26.0. The number of hydrogen-bond acceptors (Lipinski definition) is 5. The molecule has 1 rings (SSSR count). The lowest BCUT2D eigenvalue weighted by Crippen LogP contribution is -2.27. The first-order valence-electron chi connectivity index (χ1n) is 6.19. The molecule has 0 heterocycles. The number of nitro groups is 1. The summed E-state index contributed by atoms with van der Waals surface area (Å²) in [5, 5.41) is 19.9. The minimum Gasteiger partial charge on any atom is -0.393 e. The molecule has 0 aromatic heterocycles. The fourth-order valence-electron chi connectivity index (χ4n) is 1.69. The third kappa shape index (κ3) is 5.64. The van der Waals surface area contributed by atoms with E-state index in [1.54, 1.807) is 13.0 Å². The summed E-state index contributed by atoms with van der Waals surface area (Å²) in [4.78, 5) is 10.2. The van der Waals surface area contributed by atoms with Crippen molar-refractivity contribution in [1.82, 2.24) is 4.72 Å². The molecular weight excluding hydrogens is 284 g/mol. The largest absolute Gasteiger partial charge is 0.393 e. The highest BCUT2D eigenvalue weighted by Gasteiger charge is 2.19. The van der Waals surface area contributed by atoms with Gasteiger partial charge in [-0.1, -0.05) is 18.2 Å². The SMILES string of the molecule is CC(O)CCCNS(=O)(=O)Cc1ccccc1[N+](=O)[O-]. The van der Waals surface area contributed by atoms with Gasteiger partial charge in [-0.3, -0.25) is 10.1 Å². The molecule has 2 N–H and O–H groups in total. The number of rotatable bonds is 8. The van der Waals surface area contributed by atoms with E-state index >= 15 is 0 Å². The summed E-state index contributed by atoms with van der Waals surface area (Å²) in [5.41, 5.74) is -0.0534. The number of hydrogen-bond donors (Lipinski definition) is 2. The van der Waals surface area contributed by atoms with Crippen molar-refractivity contribution < 1.29 is 18.4 Å². The lowest BCUT2D eigenvalue weighted by molar-refractivity contribution is -0.385. The lowest BCUT2D eigenvalue weighted by Gasteiger charge is -2.08. The van der Waals surface area contributed by atoms with Gasteiger partial charge in [-0.15, -0.1) is 0 Å². The van der Waals surface area contributed by atoms with Crippen LogP contribution in [0.1, 0.15) is 25.3 Å². The Kier molecular flexibility index (Phi) is 6.05. The van der Waals surface area contributed by atoms with E-state index in [4.69, 9.17) is 5.11 Å². The molecule has 1 aromatic carbocycles. The second kappa shape index (κ2) is 7.32. The van der Waals surface area contributed by atoms with Crippen molar-refractivity contribution in [2.24, 2.45) is 0 Å². The van der Waals surface area contributed by atoms with E-state index in [9.17, 15) is 18.5 Å². The van der Waals surface area contributed by atoms with Gasteiger partial charge < -0.3 is 5.11 Å². The van der Waals surface area contributed by atoms with Gasteiger partial charge in [0.05, 0.1) is 16.8 Å². The minimum atomic E-state index is -3.62. The topological polar surface area (TPSA) is 110 Å². The van der Waals surface area contributed by atoms with E-state index in [0.717, 1.165) is 0 Å². The zero-order valence-corrected chi connectivity index (χ0v) is 12.0. The average Bonchev–Trinajstić information content (AvgIpc) is 2.34. The predicted molar refractivity (Wildman–Crippen MR) is 74.6 cm³/mol. The second-order valence-electron chi connectivity index (χ2n) is 4.53. The predicted octanol–water partition coefficient (Wildman–Crippen LogP) is 1.18. The molecule has 1 aromatic rings. The van der Waals surface area contributed by atoms with Crippen LogP contribution in [0.25, 0.3) is 0 Å². The third-order valence-electron chi connectivity index (χ3n) is 2.65. The van der Waals surface area contributed by atoms with Crippen LogP contribution >= 0.6 is 0 Å². The number of aliphatic hydroxyl groups excluding tert-OH is 1. The molecule has 0 bridgehead atoms. The molecule has 7 nitrogen and oxygen atoms in total. The number of aliphatic hydroxyl groups is 1. The van der Waals surface area contributed by atoms with Crippen LogP contribution in [0.2, 0.25) is 0 Å². The summed E-state index contributed by atoms with van der Waals surface area (Å²) in [6.07, 6.45) is 0.525. The Morgan fingerprint density at radius 2 is 2.05 bits per heavy atom. The van der Waals surface area contributed by atoms with Crippen molar-refractivity contribution in [3.05, 3.63) is 39.9 Å². The van der Waals surface area contributed by atoms with Crippen LogP contribution in [0.4, 0.5) is 5.69 Å². The van der Waals surface area contributed by atoms with Gasteiger partial charge in [-0.2, -0.15) is 0 Å². The first kappa shape index (κ1) is 16.5. The van der Waals surface area contributed by atoms with Gasteiger partial charge in [-0.25, -0.2) is 13.1 Å². The van der Waals surface area contributed by atoms with E-state index in [1.807, 2.05) is 0 Å². The summed E-state index contributed by atoms with van der Waals surface area (Å²) in [6, 6.07) is 5.75. The summed E-state index contributed by atoms with van der Waals surface area (Å²) in [7, 11) is -3.62. The minimum absolute atomic E-state index is 0.153. The molecule has 0 saturated carbocycles. The Bertz CT molecular complexity index is 557. The molecule has 0 radical (unpaired) electrons. The normalized spacial score (nSPS) is 13.1. The number of nitro benzene ring substituents is 1. The Morgan fingerprint density at radius 1 is 1.40 bits per heavy atom. The number of nitrogens with one attached hydrogen (secondary N) is 1. The molecule has 1 atom stereocenters. The van der Waals surface area contributed by atoms with E-state index in [0.29, 0.717) is 12.8 Å². The fourth-order valence-corrected chi connectivity index (χ4v) is 2.90. The molecule has 112 valence electrons. The highest BCUT2D eigenvalue weighted by Crippen LogP contribution is 2.19. The van der Waals surface area contributed by atoms with E-state index in [2.05, 4.69) is 4.72 Å². The van der Waals surface area contributed by atoms with Crippen LogP contribution in [-0.2, 0) is 15.8 Å². The molecule has 20 heavy (non-hydrogen) atoms. The molecule has 0 amide bonds. The van der Waals surface area contributed by atoms with Crippen LogP contribution < -0.4 is 4.72 Å². The summed E-state index contributed by atoms with van der Waals surface area (Å²) in [6.45, 7) is 1.83. The average molecular weight is 302 g/mol. The molecule has 1 unspecified atom stereocenters. The zero-order chi connectivity index (χ0) is 15.2. The van der Waals surface area contributed by atoms with Crippen molar-refractivity contribution in [1.29, 1.82) is 0 Å². The van der Waals surface area contributed by atoms with Gasteiger partial charge in [-0.05, 0) is 19.8 Å². The Labute approximate surface area is 117 Å². The number of nitrogens with zero attached hydrogens (tertiary/aromatic N) is 1. The summed E-state index contributed by atoms with van der Waals surface area (Å²) in [5.74, 6) is -0.432. The Morgan fingerprint density at radius 3 is 2.65 bits per heavy atom. The Hall–Kier alpha value is -1.51. The lowest BCUT2D eigenvalue weighted by atomic mass is 10.2. The molecule has 0 fully saturated rings. The maximum Gasteiger partial charge on any atom is 0.273 e. The zero-order valence-electron chi connectivity index (χ0n) is 11.2. The van der Waals surface area contributed by atoms with Crippen LogP contribution in [-0.4, -0.2) is 31.1 Å². The van der Waals surface area contributed by atoms with Gasteiger partial charge in [0.2, 0.25) is 10.0 Å². The van der Waals surface area contributed by atoms with Gasteiger partial charge in [0.15, 0.2) is 0 Å². The molecule has 8 heteroatoms. The molecule has 0 saturated heterocycles. The number of benzene rings is 1. The molecule has 0 spiro atoms. The summed E-state index contributed by atoms with van der Waals surface area (Å²) >= 11 is 0. The van der Waals surface area contributed by atoms with Crippen LogP contribution in [0.15, 0.2) is 24.3 Å². The van der Waals surface area contributed by atoms with Gasteiger partial charge >= 0.3 is 0 Å². The van der Waals surface area contributed by atoms with Crippen molar-refractivity contribution in [3.8, 4) is 0 Å². The van der Waals surface area contributed by atoms with E-state index < -0.39 is 26.8 Å². The first-order valence-corrected chi connectivity index (χ1v) is 7.85. The maximum absolute atomic E-state index is 11.8. The van der Waals surface area contributed by atoms with Crippen LogP contribution in [0.3, 0.4) is 0 Å². The van der Waals surface area contributed by atoms with Gasteiger partial charge in [0.1, 0.15) is 0 Å². The smallest absolute Gasteiger partial charge is 0.273 e. The fraction of sp³-hybridized carbons (Fsp3) is 0.500. The highest BCUT2D eigenvalue weighted by molar-refractivity contribution is 7.88. The molecule has 0 aliphatic rings. The van der Waals surface area contributed by atoms with Gasteiger partial charge in [0.25, 0.3) is 5.69 Å². The standard InChI is InChI=1S/C12H18N2O5S/c1-10(15)5-4-8-13-20(18,19)9-11-6-2-3-7-12(11)14(16)17/h2-3,6-7,10,13,15H,4-5,8-9H2,1H3.